The third kappa shape index (κ3) is 3.16. The van der Waals surface area contributed by atoms with Crippen molar-refractivity contribution in [2.45, 2.75) is 33.2 Å². The summed E-state index contributed by atoms with van der Waals surface area (Å²) in [4.78, 5) is 0. The number of hydrogen-bond donors (Lipinski definition) is 0. The minimum atomic E-state index is 0.798. The zero-order valence-corrected chi connectivity index (χ0v) is 7.20. The fourth-order valence-electron chi connectivity index (χ4n) is 1.02. The predicted octanol–water partition coefficient (Wildman–Crippen LogP) is 1.71. The molecular weight excluding hydrogens is 138 g/mol. The van der Waals surface area contributed by atoms with Crippen LogP contribution in [-0.4, -0.2) is 14.8 Å². The van der Waals surface area contributed by atoms with Gasteiger partial charge < -0.3 is 4.57 Å². The predicted molar refractivity (Wildman–Crippen MR) is 44.1 cm³/mol. The summed E-state index contributed by atoms with van der Waals surface area (Å²) < 4.78 is 2.02. The Morgan fingerprint density at radius 1 is 1.27 bits per heavy atom. The second kappa shape index (κ2) is 4.11. The van der Waals surface area contributed by atoms with Crippen molar-refractivity contribution >= 4 is 0 Å². The van der Waals surface area contributed by atoms with E-state index in [1.165, 1.54) is 12.8 Å². The fourth-order valence-corrected chi connectivity index (χ4v) is 1.02. The summed E-state index contributed by atoms with van der Waals surface area (Å²) in [5.74, 6) is 0.798. The molecule has 0 N–H and O–H groups in total. The van der Waals surface area contributed by atoms with Crippen LogP contribution in [0.25, 0.3) is 0 Å². The lowest BCUT2D eigenvalue weighted by atomic mass is 10.1. The summed E-state index contributed by atoms with van der Waals surface area (Å²) >= 11 is 0. The smallest absolute Gasteiger partial charge is 0.119 e. The van der Waals surface area contributed by atoms with Crippen LogP contribution in [0, 0.1) is 5.92 Å². The van der Waals surface area contributed by atoms with Gasteiger partial charge in [-0.1, -0.05) is 13.8 Å². The highest BCUT2D eigenvalue weighted by atomic mass is 15.2. The molecule has 0 saturated carbocycles. The average Bonchev–Trinajstić information content (AvgIpc) is 2.39. The molecule has 0 aliphatic heterocycles. The molecule has 1 rings (SSSR count). The number of rotatable bonds is 4. The van der Waals surface area contributed by atoms with Gasteiger partial charge >= 0.3 is 0 Å². The quantitative estimate of drug-likeness (QED) is 0.659. The van der Waals surface area contributed by atoms with Gasteiger partial charge in [0, 0.05) is 6.54 Å². The zero-order chi connectivity index (χ0) is 8.10. The van der Waals surface area contributed by atoms with E-state index >= 15 is 0 Å². The molecule has 0 aromatic carbocycles. The van der Waals surface area contributed by atoms with Crippen molar-refractivity contribution < 1.29 is 0 Å². The van der Waals surface area contributed by atoms with E-state index in [0.717, 1.165) is 12.5 Å². The molecule has 0 aliphatic carbocycles. The Labute approximate surface area is 67.4 Å². The van der Waals surface area contributed by atoms with Crippen LogP contribution in [0.2, 0.25) is 0 Å². The van der Waals surface area contributed by atoms with Crippen molar-refractivity contribution in [1.82, 2.24) is 14.8 Å². The highest BCUT2D eigenvalue weighted by molar-refractivity contribution is 4.60. The van der Waals surface area contributed by atoms with Gasteiger partial charge in [0.05, 0.1) is 0 Å². The van der Waals surface area contributed by atoms with Crippen LogP contribution >= 0.6 is 0 Å². The van der Waals surface area contributed by atoms with Crippen LogP contribution in [-0.2, 0) is 6.54 Å². The summed E-state index contributed by atoms with van der Waals surface area (Å²) in [6.45, 7) is 5.53. The van der Waals surface area contributed by atoms with E-state index in [4.69, 9.17) is 0 Å². The van der Waals surface area contributed by atoms with Crippen molar-refractivity contribution in [2.24, 2.45) is 5.92 Å². The molecule has 1 heterocycles. The van der Waals surface area contributed by atoms with Crippen LogP contribution in [0.1, 0.15) is 26.7 Å². The molecule has 1 aromatic heterocycles. The first-order valence-electron chi connectivity index (χ1n) is 4.11. The lowest BCUT2D eigenvalue weighted by Crippen LogP contribution is -1.96. The molecule has 3 nitrogen and oxygen atoms in total. The molecule has 0 bridgehead atoms. The van der Waals surface area contributed by atoms with Gasteiger partial charge in [-0.25, -0.2) is 0 Å². The van der Waals surface area contributed by atoms with E-state index in [0.29, 0.717) is 0 Å². The van der Waals surface area contributed by atoms with Gasteiger partial charge in [-0.3, -0.25) is 0 Å². The molecule has 0 amide bonds. The summed E-state index contributed by atoms with van der Waals surface area (Å²) in [6.07, 6.45) is 6.02. The second-order valence-electron chi connectivity index (χ2n) is 3.24. The largest absolute Gasteiger partial charge is 0.320 e. The first-order chi connectivity index (χ1) is 5.29. The lowest BCUT2D eigenvalue weighted by Gasteiger charge is -2.03. The Morgan fingerprint density at radius 2 is 1.91 bits per heavy atom. The van der Waals surface area contributed by atoms with E-state index in [-0.39, 0.29) is 0 Å². The molecule has 11 heavy (non-hydrogen) atoms. The third-order valence-corrected chi connectivity index (χ3v) is 1.66. The molecule has 62 valence electrons. The number of aryl methyl sites for hydroxylation is 1. The molecular formula is C8H15N3. The Balaban J connectivity index is 2.14. The van der Waals surface area contributed by atoms with Crippen molar-refractivity contribution in [1.29, 1.82) is 0 Å². The molecule has 0 fully saturated rings. The van der Waals surface area contributed by atoms with Gasteiger partial charge in [0.2, 0.25) is 0 Å². The Bertz CT molecular complexity index is 179. The lowest BCUT2D eigenvalue weighted by molar-refractivity contribution is 0.511. The number of hydrogen-bond acceptors (Lipinski definition) is 2. The van der Waals surface area contributed by atoms with Crippen molar-refractivity contribution in [2.75, 3.05) is 0 Å². The fraction of sp³-hybridized carbons (Fsp3) is 0.750. The summed E-state index contributed by atoms with van der Waals surface area (Å²) in [6, 6.07) is 0. The van der Waals surface area contributed by atoms with Gasteiger partial charge in [-0.2, -0.15) is 0 Å². The minimum Gasteiger partial charge on any atom is -0.320 e. The van der Waals surface area contributed by atoms with Gasteiger partial charge in [0.25, 0.3) is 0 Å². The van der Waals surface area contributed by atoms with Crippen LogP contribution in [0.4, 0.5) is 0 Å². The average molecular weight is 153 g/mol. The van der Waals surface area contributed by atoms with E-state index in [9.17, 15) is 0 Å². The molecule has 0 atom stereocenters. The first kappa shape index (κ1) is 8.24. The van der Waals surface area contributed by atoms with E-state index in [2.05, 4.69) is 24.0 Å². The van der Waals surface area contributed by atoms with Crippen LogP contribution < -0.4 is 0 Å². The molecule has 0 aliphatic rings. The number of aromatic nitrogens is 3. The molecule has 0 spiro atoms. The van der Waals surface area contributed by atoms with Gasteiger partial charge in [-0.15, -0.1) is 10.2 Å². The van der Waals surface area contributed by atoms with Crippen molar-refractivity contribution in [3.8, 4) is 0 Å². The number of nitrogens with zero attached hydrogens (tertiary/aromatic N) is 3. The highest BCUT2D eigenvalue weighted by Crippen LogP contribution is 2.04. The normalized spacial score (nSPS) is 10.8. The zero-order valence-electron chi connectivity index (χ0n) is 7.20. The molecule has 0 radical (unpaired) electrons. The topological polar surface area (TPSA) is 30.7 Å². The van der Waals surface area contributed by atoms with Crippen LogP contribution in [0.5, 0.6) is 0 Å². The molecule has 3 heteroatoms. The summed E-state index contributed by atoms with van der Waals surface area (Å²) in [5, 5.41) is 7.47. The summed E-state index contributed by atoms with van der Waals surface area (Å²) in [7, 11) is 0. The van der Waals surface area contributed by atoms with Crippen molar-refractivity contribution in [3.05, 3.63) is 12.7 Å². The Kier molecular flexibility index (Phi) is 3.08. The summed E-state index contributed by atoms with van der Waals surface area (Å²) in [5.41, 5.74) is 0. The first-order valence-corrected chi connectivity index (χ1v) is 4.11. The van der Waals surface area contributed by atoms with Gasteiger partial charge in [-0.05, 0) is 18.8 Å². The second-order valence-corrected chi connectivity index (χ2v) is 3.24. The van der Waals surface area contributed by atoms with Crippen LogP contribution in [0.15, 0.2) is 12.7 Å². The molecule has 0 unspecified atom stereocenters. The van der Waals surface area contributed by atoms with Gasteiger partial charge in [0.15, 0.2) is 0 Å². The maximum absolute atomic E-state index is 3.73. The van der Waals surface area contributed by atoms with Gasteiger partial charge in [0.1, 0.15) is 12.7 Å². The highest BCUT2D eigenvalue weighted by Gasteiger charge is 1.94. The molecule has 1 aromatic rings. The monoisotopic (exact) mass is 153 g/mol. The maximum atomic E-state index is 3.73. The minimum absolute atomic E-state index is 0.798. The standard InChI is InChI=1S/C8H15N3/c1-8(2)4-3-5-11-6-9-10-7-11/h6-8H,3-5H2,1-2H3. The Hall–Kier alpha value is -0.860. The van der Waals surface area contributed by atoms with E-state index < -0.39 is 0 Å². The Morgan fingerprint density at radius 3 is 2.45 bits per heavy atom. The SMILES string of the molecule is CC(C)CCCn1cnnc1. The van der Waals surface area contributed by atoms with Crippen molar-refractivity contribution in [3.63, 3.8) is 0 Å². The molecule has 0 saturated heterocycles. The maximum Gasteiger partial charge on any atom is 0.119 e. The third-order valence-electron chi connectivity index (χ3n) is 1.66. The van der Waals surface area contributed by atoms with Crippen LogP contribution in [0.3, 0.4) is 0 Å². The van der Waals surface area contributed by atoms with E-state index in [1.807, 2.05) is 4.57 Å². The van der Waals surface area contributed by atoms with E-state index in [1.54, 1.807) is 12.7 Å².